The quantitative estimate of drug-likeness (QED) is 0.858. The van der Waals surface area contributed by atoms with Crippen molar-refractivity contribution in [1.82, 2.24) is 0 Å². The first-order valence-corrected chi connectivity index (χ1v) is 5.71. The van der Waals surface area contributed by atoms with E-state index in [1.54, 1.807) is 0 Å². The summed E-state index contributed by atoms with van der Waals surface area (Å²) in [4.78, 5) is 4.82. The van der Waals surface area contributed by atoms with Gasteiger partial charge in [-0.3, -0.25) is 0 Å². The van der Waals surface area contributed by atoms with Gasteiger partial charge in [0, 0.05) is 13.2 Å². The van der Waals surface area contributed by atoms with E-state index in [2.05, 4.69) is 15.9 Å². The second-order valence-corrected chi connectivity index (χ2v) is 4.59. The van der Waals surface area contributed by atoms with Gasteiger partial charge in [0.2, 0.25) is 0 Å². The molecule has 2 heterocycles. The largest absolute Gasteiger partial charge is 0.454 e. The smallest absolute Gasteiger partial charge is 0.169 e. The van der Waals surface area contributed by atoms with Gasteiger partial charge in [0.05, 0.1) is 12.0 Å². The van der Waals surface area contributed by atoms with E-state index in [0.717, 1.165) is 36.5 Å². The van der Waals surface area contributed by atoms with Crippen molar-refractivity contribution in [3.05, 3.63) is 22.6 Å². The molecule has 0 radical (unpaired) electrons. The van der Waals surface area contributed by atoms with Gasteiger partial charge in [-0.2, -0.15) is 0 Å². The fourth-order valence-electron chi connectivity index (χ4n) is 1.98. The number of furan rings is 1. The van der Waals surface area contributed by atoms with Gasteiger partial charge >= 0.3 is 0 Å². The first-order chi connectivity index (χ1) is 7.27. The molecule has 4 nitrogen and oxygen atoms in total. The van der Waals surface area contributed by atoms with Crippen LogP contribution < -0.4 is 5.90 Å². The lowest BCUT2D eigenvalue weighted by Crippen LogP contribution is -2.38. The summed E-state index contributed by atoms with van der Waals surface area (Å²) >= 11 is 3.30. The molecule has 15 heavy (non-hydrogen) atoms. The molecule has 0 atom stereocenters. The summed E-state index contributed by atoms with van der Waals surface area (Å²) in [5.74, 6) is 6.11. The topological polar surface area (TPSA) is 57.6 Å². The zero-order valence-corrected chi connectivity index (χ0v) is 9.96. The van der Waals surface area contributed by atoms with Crippen molar-refractivity contribution in [2.75, 3.05) is 19.8 Å². The van der Waals surface area contributed by atoms with E-state index in [4.69, 9.17) is 19.9 Å². The van der Waals surface area contributed by atoms with Crippen LogP contribution in [0.5, 0.6) is 0 Å². The van der Waals surface area contributed by atoms with E-state index in [1.807, 2.05) is 12.1 Å². The molecule has 0 bridgehead atoms. The fourth-order valence-corrected chi connectivity index (χ4v) is 2.29. The highest BCUT2D eigenvalue weighted by Gasteiger charge is 2.37. The minimum Gasteiger partial charge on any atom is -0.454 e. The van der Waals surface area contributed by atoms with E-state index in [0.29, 0.717) is 6.61 Å². The second kappa shape index (κ2) is 4.65. The maximum absolute atomic E-state index is 5.60. The zero-order valence-electron chi connectivity index (χ0n) is 8.37. The minimum absolute atomic E-state index is 0.126. The van der Waals surface area contributed by atoms with Gasteiger partial charge in [-0.05, 0) is 40.9 Å². The molecule has 2 rings (SSSR count). The molecular formula is C10H14BrNO3. The summed E-state index contributed by atoms with van der Waals surface area (Å²) in [6, 6.07) is 3.86. The summed E-state index contributed by atoms with van der Waals surface area (Å²) in [7, 11) is 0. The van der Waals surface area contributed by atoms with E-state index < -0.39 is 0 Å². The lowest BCUT2D eigenvalue weighted by atomic mass is 9.79. The van der Waals surface area contributed by atoms with Crippen LogP contribution in [-0.4, -0.2) is 19.8 Å². The molecule has 1 aromatic rings. The molecule has 1 fully saturated rings. The number of halogens is 1. The highest BCUT2D eigenvalue weighted by atomic mass is 79.9. The Labute approximate surface area is 96.8 Å². The van der Waals surface area contributed by atoms with Crippen LogP contribution in [0.4, 0.5) is 0 Å². The molecule has 0 aliphatic carbocycles. The van der Waals surface area contributed by atoms with Gasteiger partial charge in [-0.25, -0.2) is 5.90 Å². The molecule has 1 saturated heterocycles. The number of hydrogen-bond acceptors (Lipinski definition) is 4. The van der Waals surface area contributed by atoms with E-state index in [1.165, 1.54) is 0 Å². The van der Waals surface area contributed by atoms with Crippen molar-refractivity contribution in [3.8, 4) is 0 Å². The highest BCUT2D eigenvalue weighted by Crippen LogP contribution is 2.36. The Morgan fingerprint density at radius 2 is 2.13 bits per heavy atom. The molecule has 0 amide bonds. The molecule has 5 heteroatoms. The third-order valence-corrected chi connectivity index (χ3v) is 3.33. The Balaban J connectivity index is 2.24. The SMILES string of the molecule is NOCC1(c2ccc(Br)o2)CCOCC1. The Bertz CT molecular complexity index is 315. The second-order valence-electron chi connectivity index (χ2n) is 3.81. The molecule has 84 valence electrons. The monoisotopic (exact) mass is 275 g/mol. The molecule has 0 spiro atoms. The molecular weight excluding hydrogens is 262 g/mol. The van der Waals surface area contributed by atoms with Crippen molar-refractivity contribution in [3.63, 3.8) is 0 Å². The normalized spacial score (nSPS) is 20.4. The molecule has 0 aromatic carbocycles. The summed E-state index contributed by atoms with van der Waals surface area (Å²) in [5.41, 5.74) is -0.126. The summed E-state index contributed by atoms with van der Waals surface area (Å²) < 4.78 is 11.7. The fraction of sp³-hybridized carbons (Fsp3) is 0.600. The van der Waals surface area contributed by atoms with Crippen LogP contribution in [0.2, 0.25) is 0 Å². The molecule has 1 aliphatic rings. The first kappa shape index (κ1) is 11.1. The number of ether oxygens (including phenoxy) is 1. The van der Waals surface area contributed by atoms with E-state index >= 15 is 0 Å². The van der Waals surface area contributed by atoms with E-state index in [9.17, 15) is 0 Å². The molecule has 2 N–H and O–H groups in total. The van der Waals surface area contributed by atoms with Gasteiger partial charge in [-0.1, -0.05) is 0 Å². The van der Waals surface area contributed by atoms with Gasteiger partial charge in [0.15, 0.2) is 4.67 Å². The maximum Gasteiger partial charge on any atom is 0.169 e. The van der Waals surface area contributed by atoms with E-state index in [-0.39, 0.29) is 5.41 Å². The molecule has 1 aromatic heterocycles. The predicted molar refractivity (Wildman–Crippen MR) is 58.3 cm³/mol. The van der Waals surface area contributed by atoms with Crippen LogP contribution in [0.25, 0.3) is 0 Å². The minimum atomic E-state index is -0.126. The van der Waals surface area contributed by atoms with Crippen LogP contribution >= 0.6 is 15.9 Å². The first-order valence-electron chi connectivity index (χ1n) is 4.92. The third kappa shape index (κ3) is 2.25. The Kier molecular flexibility index (Phi) is 3.45. The predicted octanol–water partition coefficient (Wildman–Crippen LogP) is 1.98. The van der Waals surface area contributed by atoms with Crippen LogP contribution in [0.3, 0.4) is 0 Å². The summed E-state index contributed by atoms with van der Waals surface area (Å²) in [5, 5.41) is 0. The van der Waals surface area contributed by atoms with Gasteiger partial charge in [-0.15, -0.1) is 0 Å². The van der Waals surface area contributed by atoms with Gasteiger partial charge in [0.25, 0.3) is 0 Å². The third-order valence-electron chi connectivity index (χ3n) is 2.91. The van der Waals surface area contributed by atoms with Crippen molar-refractivity contribution >= 4 is 15.9 Å². The van der Waals surface area contributed by atoms with Crippen molar-refractivity contribution in [1.29, 1.82) is 0 Å². The average molecular weight is 276 g/mol. The van der Waals surface area contributed by atoms with Crippen molar-refractivity contribution in [2.24, 2.45) is 5.90 Å². The summed E-state index contributed by atoms with van der Waals surface area (Å²) in [6.45, 7) is 1.92. The van der Waals surface area contributed by atoms with Crippen LogP contribution in [0, 0.1) is 0 Å². The van der Waals surface area contributed by atoms with Crippen LogP contribution in [0.15, 0.2) is 21.2 Å². The standard InChI is InChI=1S/C10H14BrNO3/c11-9-2-1-8(15-9)10(7-14-12)3-5-13-6-4-10/h1-2H,3-7,12H2. The lowest BCUT2D eigenvalue weighted by molar-refractivity contribution is -0.00876. The summed E-state index contributed by atoms with van der Waals surface area (Å²) in [6.07, 6.45) is 1.76. The average Bonchev–Trinajstić information content (AvgIpc) is 2.67. The maximum atomic E-state index is 5.60. The zero-order chi connectivity index (χ0) is 10.7. The van der Waals surface area contributed by atoms with Crippen molar-refractivity contribution < 1.29 is 14.0 Å². The van der Waals surface area contributed by atoms with Gasteiger partial charge in [0.1, 0.15) is 5.76 Å². The molecule has 1 aliphatic heterocycles. The number of hydrogen-bond donors (Lipinski definition) is 1. The van der Waals surface area contributed by atoms with Crippen LogP contribution in [0.1, 0.15) is 18.6 Å². The molecule has 0 saturated carbocycles. The number of nitrogens with two attached hydrogens (primary N) is 1. The highest BCUT2D eigenvalue weighted by molar-refractivity contribution is 9.10. The Morgan fingerprint density at radius 1 is 1.40 bits per heavy atom. The van der Waals surface area contributed by atoms with Crippen molar-refractivity contribution in [2.45, 2.75) is 18.3 Å². The van der Waals surface area contributed by atoms with Gasteiger partial charge < -0.3 is 14.0 Å². The number of rotatable bonds is 3. The molecule has 0 unspecified atom stereocenters. The Hall–Kier alpha value is -0.360. The van der Waals surface area contributed by atoms with Crippen LogP contribution in [-0.2, 0) is 15.0 Å². The Morgan fingerprint density at radius 3 is 2.67 bits per heavy atom. The lowest BCUT2D eigenvalue weighted by Gasteiger charge is -2.34.